The Kier molecular flexibility index (Phi) is 5.31. The van der Waals surface area contributed by atoms with Crippen LogP contribution in [-0.2, 0) is 0 Å². The summed E-state index contributed by atoms with van der Waals surface area (Å²) in [6, 6.07) is 12.1. The maximum absolute atomic E-state index is 12.9. The van der Waals surface area contributed by atoms with Gasteiger partial charge in [0.1, 0.15) is 11.5 Å². The molecule has 0 aliphatic carbocycles. The molecule has 2 heterocycles. The van der Waals surface area contributed by atoms with E-state index in [0.29, 0.717) is 22.8 Å². The Morgan fingerprint density at radius 3 is 2.58 bits per heavy atom. The number of carbonyl (C=O) groups is 1. The lowest BCUT2D eigenvalue weighted by atomic mass is 10.0. The molecule has 0 atom stereocenters. The van der Waals surface area contributed by atoms with Crippen LogP contribution in [0.2, 0.25) is 0 Å². The number of hydrogen-bond donors (Lipinski definition) is 1. The molecule has 33 heavy (non-hydrogen) atoms. The molecule has 2 aromatic heterocycles. The molecule has 0 aliphatic heterocycles. The minimum Gasteiger partial charge on any atom is -0.545 e. The van der Waals surface area contributed by atoms with Crippen molar-refractivity contribution in [3.8, 4) is 17.0 Å². The van der Waals surface area contributed by atoms with E-state index in [-0.39, 0.29) is 21.8 Å². The molecule has 0 fully saturated rings. The molecule has 9 nitrogen and oxygen atoms in total. The first kappa shape index (κ1) is 21.6. The van der Waals surface area contributed by atoms with Crippen LogP contribution in [0.25, 0.3) is 29.7 Å². The van der Waals surface area contributed by atoms with Crippen molar-refractivity contribution >= 4 is 24.3 Å². The normalized spacial score (nSPS) is 11.6. The Morgan fingerprint density at radius 1 is 1.15 bits per heavy atom. The summed E-state index contributed by atoms with van der Waals surface area (Å²) >= 11 is 0. The lowest BCUT2D eigenvalue weighted by molar-refractivity contribution is -0.384. The van der Waals surface area contributed by atoms with Gasteiger partial charge in [-0.25, -0.2) is 4.68 Å². The quantitative estimate of drug-likeness (QED) is 0.367. The average Bonchev–Trinajstić information content (AvgIpc) is 3.35. The molecule has 0 unspecified atom stereocenters. The van der Waals surface area contributed by atoms with Gasteiger partial charge in [-0.2, -0.15) is 0 Å². The van der Waals surface area contributed by atoms with Crippen LogP contribution >= 0.6 is 0 Å². The molecule has 0 radical (unpaired) electrons. The van der Waals surface area contributed by atoms with E-state index in [0.717, 1.165) is 11.1 Å². The molecule has 4 aromatic rings. The van der Waals surface area contributed by atoms with Gasteiger partial charge in [0.15, 0.2) is 0 Å². The van der Waals surface area contributed by atoms with Gasteiger partial charge in [0.2, 0.25) is 0 Å². The van der Waals surface area contributed by atoms with Gasteiger partial charge in [-0.1, -0.05) is 18.7 Å². The van der Waals surface area contributed by atoms with E-state index in [1.165, 1.54) is 35.0 Å². The molecule has 4 rings (SSSR count). The predicted octanol–water partition coefficient (Wildman–Crippen LogP) is 1.55. The number of nitro benzene ring substituents is 1. The van der Waals surface area contributed by atoms with Gasteiger partial charge < -0.3 is 14.3 Å². The molecular weight excluding hydrogens is 426 g/mol. The Labute approximate surface area is 186 Å². The molecule has 0 saturated carbocycles. The van der Waals surface area contributed by atoms with Crippen LogP contribution in [0.4, 0.5) is 5.69 Å². The van der Waals surface area contributed by atoms with Crippen molar-refractivity contribution in [3.63, 3.8) is 0 Å². The SMILES string of the molecule is C=c1[nH]n(-c2cccc(C(=O)[O-])c2)c(=O)/c1=C\c1ccc(-c2cc(C)c(C)cc2[N+](=O)[O-])o1. The summed E-state index contributed by atoms with van der Waals surface area (Å²) in [5.74, 6) is -0.769. The standard InChI is InChI=1S/C24H19N3O6/c1-13-9-20(21(27(31)32)10-14(13)2)22-8-7-18(33-22)12-19-15(3)25-26(23(19)28)17-6-4-5-16(11-17)24(29)30/h4-12,25H,3H2,1-2H3,(H,29,30)/p-1/b19-12-. The molecule has 0 bridgehead atoms. The molecule has 1 N–H and O–H groups in total. The largest absolute Gasteiger partial charge is 0.545 e. The van der Waals surface area contributed by atoms with Crippen molar-refractivity contribution in [2.75, 3.05) is 0 Å². The Balaban J connectivity index is 1.80. The second-order valence-corrected chi connectivity index (χ2v) is 7.54. The van der Waals surface area contributed by atoms with Crippen molar-refractivity contribution in [2.24, 2.45) is 0 Å². The summed E-state index contributed by atoms with van der Waals surface area (Å²) in [5, 5.41) is 25.9. The zero-order chi connectivity index (χ0) is 23.9. The maximum atomic E-state index is 12.9. The Bertz CT molecular complexity index is 1590. The molecular formula is C24H18N3O6-. The number of benzene rings is 2. The number of nitrogens with zero attached hydrogens (tertiary/aromatic N) is 2. The summed E-state index contributed by atoms with van der Waals surface area (Å²) in [4.78, 5) is 35.1. The van der Waals surface area contributed by atoms with E-state index in [1.807, 2.05) is 6.92 Å². The number of rotatable bonds is 5. The number of aryl methyl sites for hydroxylation is 2. The van der Waals surface area contributed by atoms with E-state index >= 15 is 0 Å². The second-order valence-electron chi connectivity index (χ2n) is 7.54. The number of aromatic nitrogens is 2. The first-order valence-corrected chi connectivity index (χ1v) is 9.85. The first-order valence-electron chi connectivity index (χ1n) is 9.85. The fourth-order valence-electron chi connectivity index (χ4n) is 3.46. The van der Waals surface area contributed by atoms with Crippen LogP contribution in [0.1, 0.15) is 27.2 Å². The Morgan fingerprint density at radius 2 is 1.88 bits per heavy atom. The minimum atomic E-state index is -1.36. The van der Waals surface area contributed by atoms with Crippen LogP contribution in [0, 0.1) is 24.0 Å². The highest BCUT2D eigenvalue weighted by molar-refractivity contribution is 5.86. The van der Waals surface area contributed by atoms with Gasteiger partial charge in [0.05, 0.1) is 32.7 Å². The number of hydrogen-bond acceptors (Lipinski definition) is 6. The number of furan rings is 1. The van der Waals surface area contributed by atoms with Crippen molar-refractivity contribution in [1.29, 1.82) is 0 Å². The van der Waals surface area contributed by atoms with Gasteiger partial charge in [-0.15, -0.1) is 0 Å². The first-order chi connectivity index (χ1) is 15.7. The molecule has 0 spiro atoms. The second kappa shape index (κ2) is 8.12. The molecule has 9 heteroatoms. The topological polar surface area (TPSA) is 134 Å². The van der Waals surface area contributed by atoms with E-state index < -0.39 is 16.5 Å². The van der Waals surface area contributed by atoms with Gasteiger partial charge in [-0.05, 0) is 66.9 Å². The number of nitro groups is 1. The zero-order valence-electron chi connectivity index (χ0n) is 17.7. The summed E-state index contributed by atoms with van der Waals surface area (Å²) in [7, 11) is 0. The number of carboxylic acid groups (broad SMARTS) is 1. The number of carbonyl (C=O) groups excluding carboxylic acids is 1. The monoisotopic (exact) mass is 444 g/mol. The van der Waals surface area contributed by atoms with Crippen LogP contribution in [0.3, 0.4) is 0 Å². The third-order valence-electron chi connectivity index (χ3n) is 5.33. The lowest BCUT2D eigenvalue weighted by Gasteiger charge is -2.05. The smallest absolute Gasteiger partial charge is 0.280 e. The summed E-state index contributed by atoms with van der Waals surface area (Å²) in [6.45, 7) is 7.48. The minimum absolute atomic E-state index is 0.0733. The number of aromatic carboxylic acids is 1. The van der Waals surface area contributed by atoms with Gasteiger partial charge in [0.25, 0.3) is 11.2 Å². The van der Waals surface area contributed by atoms with Crippen LogP contribution in [0.5, 0.6) is 0 Å². The van der Waals surface area contributed by atoms with E-state index in [2.05, 4.69) is 11.7 Å². The van der Waals surface area contributed by atoms with E-state index in [4.69, 9.17) is 4.42 Å². The van der Waals surface area contributed by atoms with Gasteiger partial charge >= 0.3 is 0 Å². The van der Waals surface area contributed by atoms with Crippen molar-refractivity contribution in [2.45, 2.75) is 13.8 Å². The predicted molar refractivity (Wildman–Crippen MR) is 119 cm³/mol. The van der Waals surface area contributed by atoms with Gasteiger partial charge in [-0.3, -0.25) is 20.0 Å². The number of aromatic amines is 1. The fourth-order valence-corrected chi connectivity index (χ4v) is 3.46. The highest BCUT2D eigenvalue weighted by Gasteiger charge is 2.19. The van der Waals surface area contributed by atoms with E-state index in [9.17, 15) is 24.8 Å². The van der Waals surface area contributed by atoms with Crippen molar-refractivity contribution in [3.05, 3.63) is 102 Å². The van der Waals surface area contributed by atoms with E-state index in [1.54, 1.807) is 31.2 Å². The highest BCUT2D eigenvalue weighted by Crippen LogP contribution is 2.33. The number of nitrogens with one attached hydrogen (secondary N) is 1. The molecule has 0 saturated heterocycles. The molecule has 166 valence electrons. The average molecular weight is 444 g/mol. The molecule has 0 aliphatic rings. The van der Waals surface area contributed by atoms with Crippen molar-refractivity contribution in [1.82, 2.24) is 9.78 Å². The fraction of sp³-hybridized carbons (Fsp3) is 0.0833. The zero-order valence-corrected chi connectivity index (χ0v) is 17.7. The molecule has 2 aromatic carbocycles. The molecule has 0 amide bonds. The number of H-pyrrole nitrogens is 1. The number of carboxylic acids is 1. The lowest BCUT2D eigenvalue weighted by Crippen LogP contribution is -2.34. The highest BCUT2D eigenvalue weighted by atomic mass is 16.6. The van der Waals surface area contributed by atoms with Crippen LogP contribution in [-0.4, -0.2) is 20.7 Å². The summed E-state index contributed by atoms with van der Waals surface area (Å²) in [5.41, 5.74) is 1.70. The maximum Gasteiger partial charge on any atom is 0.280 e. The summed E-state index contributed by atoms with van der Waals surface area (Å²) in [6.07, 6.45) is 1.47. The third kappa shape index (κ3) is 3.99. The van der Waals surface area contributed by atoms with Gasteiger partial charge in [0, 0.05) is 6.07 Å². The third-order valence-corrected chi connectivity index (χ3v) is 5.33. The van der Waals surface area contributed by atoms with Crippen LogP contribution in [0.15, 0.2) is 57.7 Å². The Hall–Kier alpha value is -4.66. The summed E-state index contributed by atoms with van der Waals surface area (Å²) < 4.78 is 6.96. The van der Waals surface area contributed by atoms with Crippen LogP contribution < -0.4 is 21.2 Å². The van der Waals surface area contributed by atoms with Crippen molar-refractivity contribution < 1.29 is 19.2 Å².